The molecule has 4 nitrogen and oxygen atoms in total. The van der Waals surface area contributed by atoms with E-state index in [1.807, 2.05) is 19.1 Å². The summed E-state index contributed by atoms with van der Waals surface area (Å²) in [5.41, 5.74) is 7.60. The van der Waals surface area contributed by atoms with Crippen molar-refractivity contribution >= 4 is 23.0 Å². The quantitative estimate of drug-likeness (QED) is 0.824. The van der Waals surface area contributed by atoms with Gasteiger partial charge >= 0.3 is 0 Å². The van der Waals surface area contributed by atoms with Gasteiger partial charge in [-0.1, -0.05) is 12.2 Å². The van der Waals surface area contributed by atoms with E-state index in [-0.39, 0.29) is 6.10 Å². The Morgan fingerprint density at radius 1 is 1.56 bits per heavy atom. The summed E-state index contributed by atoms with van der Waals surface area (Å²) in [4.78, 5) is 7.22. The van der Waals surface area contributed by atoms with Gasteiger partial charge < -0.3 is 15.4 Å². The van der Waals surface area contributed by atoms with Gasteiger partial charge in [-0.05, 0) is 32.4 Å². The molecule has 0 saturated carbocycles. The number of nitrogens with zero attached hydrogens (tertiary/aromatic N) is 2. The van der Waals surface area contributed by atoms with Crippen LogP contribution in [-0.2, 0) is 4.74 Å². The number of aryl methyl sites for hydroxylation is 1. The van der Waals surface area contributed by atoms with Gasteiger partial charge in [0.25, 0.3) is 0 Å². The van der Waals surface area contributed by atoms with E-state index in [9.17, 15) is 0 Å². The number of nitrogens with two attached hydrogens (primary N) is 1. The molecule has 1 aromatic rings. The zero-order valence-electron chi connectivity index (χ0n) is 10.8. The van der Waals surface area contributed by atoms with Crippen LogP contribution in [-0.4, -0.2) is 35.8 Å². The van der Waals surface area contributed by atoms with Crippen LogP contribution in [0.1, 0.15) is 24.6 Å². The molecule has 1 saturated heterocycles. The zero-order chi connectivity index (χ0) is 13.1. The van der Waals surface area contributed by atoms with Crippen molar-refractivity contribution in [2.24, 2.45) is 5.73 Å². The first kappa shape index (κ1) is 13.2. The molecule has 18 heavy (non-hydrogen) atoms. The van der Waals surface area contributed by atoms with E-state index < -0.39 is 0 Å². The fourth-order valence-electron chi connectivity index (χ4n) is 2.16. The number of pyridine rings is 1. The Labute approximate surface area is 113 Å². The van der Waals surface area contributed by atoms with E-state index in [0.29, 0.717) is 4.99 Å². The number of hydrogen-bond donors (Lipinski definition) is 1. The first-order valence-electron chi connectivity index (χ1n) is 6.22. The van der Waals surface area contributed by atoms with E-state index in [2.05, 4.69) is 16.8 Å². The summed E-state index contributed by atoms with van der Waals surface area (Å²) < 4.78 is 5.65. The predicted molar refractivity (Wildman–Crippen MR) is 77.1 cm³/mol. The molecule has 1 aliphatic rings. The summed E-state index contributed by atoms with van der Waals surface area (Å²) in [5, 5.41) is 0. The fraction of sp³-hybridized carbons (Fsp3) is 0.538. The summed E-state index contributed by atoms with van der Waals surface area (Å²) >= 11 is 5.11. The summed E-state index contributed by atoms with van der Waals surface area (Å²) in [6.45, 7) is 6.60. The van der Waals surface area contributed by atoms with E-state index in [1.165, 1.54) is 0 Å². The minimum atomic E-state index is 0.203. The molecule has 0 bridgehead atoms. The maximum Gasteiger partial charge on any atom is 0.139 e. The van der Waals surface area contributed by atoms with Crippen LogP contribution in [0.3, 0.4) is 0 Å². The van der Waals surface area contributed by atoms with Gasteiger partial charge in [0.05, 0.1) is 11.7 Å². The molecule has 1 unspecified atom stereocenters. The van der Waals surface area contributed by atoms with Gasteiger partial charge in [0.15, 0.2) is 0 Å². The molecule has 1 aliphatic heterocycles. The normalized spacial score (nSPS) is 20.6. The molecule has 0 radical (unpaired) electrons. The summed E-state index contributed by atoms with van der Waals surface area (Å²) in [6, 6.07) is 3.89. The number of thiocarbonyl (C=S) groups is 1. The van der Waals surface area contributed by atoms with Crippen molar-refractivity contribution in [2.75, 3.05) is 24.6 Å². The fourth-order valence-corrected chi connectivity index (χ4v) is 2.32. The summed E-state index contributed by atoms with van der Waals surface area (Å²) in [6.07, 6.45) is 1.20. The highest BCUT2D eigenvalue weighted by Crippen LogP contribution is 2.21. The van der Waals surface area contributed by atoms with Crippen LogP contribution in [0.4, 0.5) is 5.82 Å². The molecule has 1 atom stereocenters. The zero-order valence-corrected chi connectivity index (χ0v) is 11.7. The molecule has 98 valence electrons. The van der Waals surface area contributed by atoms with Crippen LogP contribution in [0.5, 0.6) is 0 Å². The van der Waals surface area contributed by atoms with Gasteiger partial charge in [-0.2, -0.15) is 0 Å². The number of hydrogen-bond acceptors (Lipinski definition) is 4. The van der Waals surface area contributed by atoms with Crippen LogP contribution >= 0.6 is 12.2 Å². The van der Waals surface area contributed by atoms with Gasteiger partial charge in [0.2, 0.25) is 0 Å². The van der Waals surface area contributed by atoms with E-state index in [4.69, 9.17) is 22.7 Å². The minimum absolute atomic E-state index is 0.203. The molecule has 2 rings (SSSR count). The molecule has 1 aromatic heterocycles. The predicted octanol–water partition coefficient (Wildman–Crippen LogP) is 1.64. The molecular weight excluding hydrogens is 246 g/mol. The second kappa shape index (κ2) is 5.63. The summed E-state index contributed by atoms with van der Waals surface area (Å²) in [5.74, 6) is 0.889. The molecular formula is C13H19N3OS. The lowest BCUT2D eigenvalue weighted by Gasteiger charge is -2.25. The number of ether oxygens (including phenoxy) is 1. The highest BCUT2D eigenvalue weighted by Gasteiger charge is 2.20. The molecule has 2 N–H and O–H groups in total. The van der Waals surface area contributed by atoms with Crippen molar-refractivity contribution in [1.29, 1.82) is 0 Å². The average molecular weight is 265 g/mol. The van der Waals surface area contributed by atoms with Gasteiger partial charge in [-0.3, -0.25) is 0 Å². The van der Waals surface area contributed by atoms with Crippen molar-refractivity contribution in [3.05, 3.63) is 23.4 Å². The van der Waals surface area contributed by atoms with Crippen LogP contribution in [0.2, 0.25) is 0 Å². The maximum atomic E-state index is 5.78. The third-order valence-corrected chi connectivity index (χ3v) is 3.25. The van der Waals surface area contributed by atoms with Gasteiger partial charge in [0.1, 0.15) is 10.8 Å². The van der Waals surface area contributed by atoms with Gasteiger partial charge in [-0.15, -0.1) is 0 Å². The minimum Gasteiger partial charge on any atom is -0.389 e. The lowest BCUT2D eigenvalue weighted by molar-refractivity contribution is 0.0820. The first-order valence-corrected chi connectivity index (χ1v) is 6.62. The monoisotopic (exact) mass is 265 g/mol. The van der Waals surface area contributed by atoms with Crippen molar-refractivity contribution < 1.29 is 4.74 Å². The Morgan fingerprint density at radius 3 is 3.06 bits per heavy atom. The smallest absolute Gasteiger partial charge is 0.139 e. The Hall–Kier alpha value is -1.20. The van der Waals surface area contributed by atoms with E-state index in [0.717, 1.165) is 43.2 Å². The maximum absolute atomic E-state index is 5.78. The van der Waals surface area contributed by atoms with Crippen molar-refractivity contribution in [3.63, 3.8) is 0 Å². The van der Waals surface area contributed by atoms with Gasteiger partial charge in [-0.25, -0.2) is 4.98 Å². The molecule has 0 spiro atoms. The SMILES string of the molecule is Cc1ccc(C(N)=S)c(N2CCCOC(C)C2)n1. The highest BCUT2D eigenvalue weighted by atomic mass is 32.1. The van der Waals surface area contributed by atoms with Crippen LogP contribution in [0, 0.1) is 6.92 Å². The molecule has 5 heteroatoms. The second-order valence-corrected chi connectivity index (χ2v) is 5.11. The highest BCUT2D eigenvalue weighted by molar-refractivity contribution is 7.80. The molecule has 2 heterocycles. The lowest BCUT2D eigenvalue weighted by atomic mass is 10.2. The number of aromatic nitrogens is 1. The van der Waals surface area contributed by atoms with Crippen molar-refractivity contribution in [3.8, 4) is 0 Å². The van der Waals surface area contributed by atoms with Crippen LogP contribution < -0.4 is 10.6 Å². The summed E-state index contributed by atoms with van der Waals surface area (Å²) in [7, 11) is 0. The van der Waals surface area contributed by atoms with Crippen LogP contribution in [0.15, 0.2) is 12.1 Å². The second-order valence-electron chi connectivity index (χ2n) is 4.67. The molecule has 0 aliphatic carbocycles. The lowest BCUT2D eigenvalue weighted by Crippen LogP contribution is -2.33. The molecule has 1 fully saturated rings. The van der Waals surface area contributed by atoms with Gasteiger partial charge in [0, 0.05) is 25.4 Å². The standard InChI is InChI=1S/C13H19N3OS/c1-9-4-5-11(12(14)18)13(15-9)16-6-3-7-17-10(2)8-16/h4-5,10H,3,6-8H2,1-2H3,(H2,14,18). The Balaban J connectivity index is 2.35. The molecule has 0 amide bonds. The third kappa shape index (κ3) is 2.97. The Kier molecular flexibility index (Phi) is 4.14. The van der Waals surface area contributed by atoms with E-state index >= 15 is 0 Å². The molecule has 0 aromatic carbocycles. The van der Waals surface area contributed by atoms with Crippen LogP contribution in [0.25, 0.3) is 0 Å². The van der Waals surface area contributed by atoms with E-state index in [1.54, 1.807) is 0 Å². The number of rotatable bonds is 2. The topological polar surface area (TPSA) is 51.4 Å². The first-order chi connectivity index (χ1) is 8.58. The average Bonchev–Trinajstić information content (AvgIpc) is 2.53. The third-order valence-electron chi connectivity index (χ3n) is 3.03. The largest absolute Gasteiger partial charge is 0.389 e. The number of anilines is 1. The van der Waals surface area contributed by atoms with Crippen molar-refractivity contribution in [1.82, 2.24) is 4.98 Å². The van der Waals surface area contributed by atoms with Crippen molar-refractivity contribution in [2.45, 2.75) is 26.4 Å². The Bertz CT molecular complexity index is 450. The Morgan fingerprint density at radius 2 is 2.33 bits per heavy atom.